The summed E-state index contributed by atoms with van der Waals surface area (Å²) in [7, 11) is 1.56. The van der Waals surface area contributed by atoms with E-state index < -0.39 is 0 Å². The molecule has 106 valence electrons. The van der Waals surface area contributed by atoms with Gasteiger partial charge in [-0.25, -0.2) is 4.98 Å². The first-order valence-electron chi connectivity index (χ1n) is 6.90. The van der Waals surface area contributed by atoms with Crippen LogP contribution in [0, 0.1) is 0 Å². The minimum absolute atomic E-state index is 0.0818. The van der Waals surface area contributed by atoms with E-state index in [1.165, 1.54) is 4.70 Å². The number of rotatable bonds is 3. The van der Waals surface area contributed by atoms with E-state index in [0.717, 1.165) is 36.5 Å². The topological polar surface area (TPSA) is 42.4 Å². The third-order valence-electron chi connectivity index (χ3n) is 3.70. The van der Waals surface area contributed by atoms with Crippen molar-refractivity contribution < 1.29 is 9.53 Å². The van der Waals surface area contributed by atoms with Gasteiger partial charge in [0, 0.05) is 26.1 Å². The summed E-state index contributed by atoms with van der Waals surface area (Å²) in [6.45, 7) is 1.78. The zero-order valence-electron chi connectivity index (χ0n) is 11.5. The van der Waals surface area contributed by atoms with Crippen LogP contribution < -0.4 is 0 Å². The van der Waals surface area contributed by atoms with Gasteiger partial charge >= 0.3 is 0 Å². The molecule has 3 rings (SSSR count). The molecule has 1 aliphatic rings. The number of ether oxygens (including phenoxy) is 1. The molecule has 1 saturated heterocycles. The van der Waals surface area contributed by atoms with Crippen LogP contribution in [0.5, 0.6) is 0 Å². The van der Waals surface area contributed by atoms with Crippen molar-refractivity contribution in [3.63, 3.8) is 0 Å². The summed E-state index contributed by atoms with van der Waals surface area (Å²) in [5.41, 5.74) is 1.06. The molecule has 1 atom stereocenters. The first kappa shape index (κ1) is 13.5. The Morgan fingerprint density at radius 1 is 1.50 bits per heavy atom. The number of hydrogen-bond donors (Lipinski definition) is 0. The molecule has 1 aromatic heterocycles. The highest BCUT2D eigenvalue weighted by Gasteiger charge is 2.26. The van der Waals surface area contributed by atoms with E-state index in [0.29, 0.717) is 5.92 Å². The number of likely N-dealkylation sites (tertiary alicyclic amines) is 1. The number of nitrogens with zero attached hydrogens (tertiary/aromatic N) is 2. The zero-order chi connectivity index (χ0) is 13.9. The molecule has 1 amide bonds. The molecule has 0 spiro atoms. The number of fused-ring (bicyclic) bond motifs is 1. The summed E-state index contributed by atoms with van der Waals surface area (Å²) in [5, 5.41) is 1.15. The summed E-state index contributed by atoms with van der Waals surface area (Å²) in [6, 6.07) is 8.21. The van der Waals surface area contributed by atoms with Gasteiger partial charge in [-0.2, -0.15) is 0 Å². The van der Waals surface area contributed by atoms with Crippen molar-refractivity contribution in [3.8, 4) is 0 Å². The second-order valence-corrected chi connectivity index (χ2v) is 6.19. The van der Waals surface area contributed by atoms with Crippen LogP contribution in [0.3, 0.4) is 0 Å². The molecule has 0 aliphatic carbocycles. The van der Waals surface area contributed by atoms with Crippen LogP contribution >= 0.6 is 11.3 Å². The van der Waals surface area contributed by atoms with Crippen LogP contribution in [0.2, 0.25) is 0 Å². The van der Waals surface area contributed by atoms with Crippen molar-refractivity contribution in [1.29, 1.82) is 0 Å². The number of benzene rings is 1. The molecular formula is C15H18N2O2S. The quantitative estimate of drug-likeness (QED) is 0.872. The maximum absolute atomic E-state index is 11.9. The number of carbonyl (C=O) groups is 1. The van der Waals surface area contributed by atoms with E-state index in [9.17, 15) is 4.79 Å². The van der Waals surface area contributed by atoms with Gasteiger partial charge in [-0.3, -0.25) is 4.79 Å². The van der Waals surface area contributed by atoms with Gasteiger partial charge < -0.3 is 9.64 Å². The number of para-hydroxylation sites is 1. The van der Waals surface area contributed by atoms with E-state index in [2.05, 4.69) is 6.07 Å². The van der Waals surface area contributed by atoms with Gasteiger partial charge in [0.2, 0.25) is 5.91 Å². The Labute approximate surface area is 122 Å². The Bertz CT molecular complexity index is 578. The lowest BCUT2D eigenvalue weighted by molar-refractivity contribution is -0.136. The van der Waals surface area contributed by atoms with Gasteiger partial charge in [0.1, 0.15) is 6.61 Å². The van der Waals surface area contributed by atoms with Crippen molar-refractivity contribution in [2.24, 2.45) is 0 Å². The summed E-state index contributed by atoms with van der Waals surface area (Å²) < 4.78 is 6.17. The third kappa shape index (κ3) is 2.69. The van der Waals surface area contributed by atoms with Crippen molar-refractivity contribution in [3.05, 3.63) is 29.3 Å². The van der Waals surface area contributed by atoms with Crippen LogP contribution in [0.4, 0.5) is 0 Å². The lowest BCUT2D eigenvalue weighted by atomic mass is 9.99. The predicted octanol–water partition coefficient (Wildman–Crippen LogP) is 2.65. The van der Waals surface area contributed by atoms with E-state index in [4.69, 9.17) is 9.72 Å². The molecule has 0 bridgehead atoms. The van der Waals surface area contributed by atoms with E-state index in [1.807, 2.05) is 23.1 Å². The number of thiazole rings is 1. The molecule has 4 nitrogen and oxygen atoms in total. The fourth-order valence-electron chi connectivity index (χ4n) is 2.68. The van der Waals surface area contributed by atoms with Gasteiger partial charge in [-0.1, -0.05) is 12.1 Å². The molecule has 5 heteroatoms. The maximum atomic E-state index is 11.9. The van der Waals surface area contributed by atoms with Crippen LogP contribution in [0.15, 0.2) is 24.3 Å². The first-order valence-corrected chi connectivity index (χ1v) is 7.72. The highest BCUT2D eigenvalue weighted by atomic mass is 32.1. The van der Waals surface area contributed by atoms with E-state index >= 15 is 0 Å². The largest absolute Gasteiger partial charge is 0.375 e. The van der Waals surface area contributed by atoms with Gasteiger partial charge in [0.15, 0.2) is 0 Å². The minimum atomic E-state index is 0.0818. The zero-order valence-corrected chi connectivity index (χ0v) is 12.4. The van der Waals surface area contributed by atoms with Crippen LogP contribution in [-0.2, 0) is 9.53 Å². The summed E-state index contributed by atoms with van der Waals surface area (Å²) in [4.78, 5) is 18.6. The summed E-state index contributed by atoms with van der Waals surface area (Å²) in [6.07, 6.45) is 2.15. The molecule has 1 aliphatic heterocycles. The Morgan fingerprint density at radius 3 is 3.15 bits per heavy atom. The second kappa shape index (κ2) is 5.89. The molecule has 0 saturated carbocycles. The molecule has 0 N–H and O–H groups in total. The molecule has 0 unspecified atom stereocenters. The molecule has 20 heavy (non-hydrogen) atoms. The van der Waals surface area contributed by atoms with Crippen molar-refractivity contribution in [2.45, 2.75) is 18.8 Å². The van der Waals surface area contributed by atoms with Crippen LogP contribution in [-0.4, -0.2) is 42.6 Å². The Hall–Kier alpha value is -1.46. The second-order valence-electron chi connectivity index (χ2n) is 5.13. The van der Waals surface area contributed by atoms with Gasteiger partial charge in [-0.05, 0) is 25.0 Å². The standard InChI is InChI=1S/C15H18N2O2S/c1-19-10-14(18)17-8-4-5-11(9-17)15-16-12-6-2-3-7-13(12)20-15/h2-3,6-7,11H,4-5,8-10H2,1H3/t11-/m1/s1. The Balaban J connectivity index is 1.77. The number of hydrogen-bond acceptors (Lipinski definition) is 4. The summed E-state index contributed by atoms with van der Waals surface area (Å²) in [5.74, 6) is 0.445. The van der Waals surface area contributed by atoms with Crippen molar-refractivity contribution in [2.75, 3.05) is 26.8 Å². The fraction of sp³-hybridized carbons (Fsp3) is 0.467. The van der Waals surface area contributed by atoms with Crippen LogP contribution in [0.1, 0.15) is 23.8 Å². The first-order chi connectivity index (χ1) is 9.78. The Morgan fingerprint density at radius 2 is 2.35 bits per heavy atom. The predicted molar refractivity (Wildman–Crippen MR) is 80.1 cm³/mol. The third-order valence-corrected chi connectivity index (χ3v) is 4.90. The molecule has 0 radical (unpaired) electrons. The monoisotopic (exact) mass is 290 g/mol. The number of aromatic nitrogens is 1. The summed E-state index contributed by atoms with van der Waals surface area (Å²) >= 11 is 1.75. The average Bonchev–Trinajstić information content (AvgIpc) is 2.91. The molecular weight excluding hydrogens is 272 g/mol. The number of carbonyl (C=O) groups excluding carboxylic acids is 1. The Kier molecular flexibility index (Phi) is 3.98. The lowest BCUT2D eigenvalue weighted by Crippen LogP contribution is -2.40. The fourth-order valence-corrected chi connectivity index (χ4v) is 3.78. The average molecular weight is 290 g/mol. The van der Waals surface area contributed by atoms with Crippen molar-refractivity contribution in [1.82, 2.24) is 9.88 Å². The molecule has 1 aromatic carbocycles. The smallest absolute Gasteiger partial charge is 0.248 e. The van der Waals surface area contributed by atoms with Gasteiger partial charge in [0.05, 0.1) is 15.2 Å². The highest BCUT2D eigenvalue weighted by molar-refractivity contribution is 7.18. The minimum Gasteiger partial charge on any atom is -0.375 e. The van der Waals surface area contributed by atoms with Crippen LogP contribution in [0.25, 0.3) is 10.2 Å². The normalized spacial score (nSPS) is 19.4. The van der Waals surface area contributed by atoms with E-state index in [1.54, 1.807) is 18.4 Å². The molecule has 1 fully saturated rings. The number of methoxy groups -OCH3 is 1. The SMILES string of the molecule is COCC(=O)N1CCC[C@@H](c2nc3ccccc3s2)C1. The van der Waals surface area contributed by atoms with Gasteiger partial charge in [0.25, 0.3) is 0 Å². The maximum Gasteiger partial charge on any atom is 0.248 e. The molecule has 2 aromatic rings. The lowest BCUT2D eigenvalue weighted by Gasteiger charge is -2.31. The van der Waals surface area contributed by atoms with E-state index in [-0.39, 0.29) is 12.5 Å². The number of amides is 1. The number of piperidine rings is 1. The highest BCUT2D eigenvalue weighted by Crippen LogP contribution is 2.32. The molecule has 2 heterocycles. The van der Waals surface area contributed by atoms with Crippen molar-refractivity contribution >= 4 is 27.5 Å². The van der Waals surface area contributed by atoms with Gasteiger partial charge in [-0.15, -0.1) is 11.3 Å².